The largest absolute Gasteiger partial charge is 0.368 e. The molecule has 0 aromatic heterocycles. The molecular formula is C9H17N3O2. The van der Waals surface area contributed by atoms with Gasteiger partial charge in [0.15, 0.2) is 0 Å². The molecule has 80 valence electrons. The fraction of sp³-hybridized carbons (Fsp3) is 0.778. The molecule has 0 spiro atoms. The summed E-state index contributed by atoms with van der Waals surface area (Å²) in [6, 6.07) is -0.511. The highest BCUT2D eigenvalue weighted by atomic mass is 16.2. The molecule has 5 heteroatoms. The van der Waals surface area contributed by atoms with Crippen LogP contribution in [0.15, 0.2) is 0 Å². The molecule has 0 saturated carbocycles. The Morgan fingerprint density at radius 1 is 1.57 bits per heavy atom. The summed E-state index contributed by atoms with van der Waals surface area (Å²) in [5.41, 5.74) is 10.8. The average Bonchev–Trinajstić information content (AvgIpc) is 2.00. The topological polar surface area (TPSA) is 89.4 Å². The molecule has 5 nitrogen and oxygen atoms in total. The molecule has 1 saturated heterocycles. The van der Waals surface area contributed by atoms with E-state index in [9.17, 15) is 9.59 Å². The van der Waals surface area contributed by atoms with Crippen molar-refractivity contribution in [1.82, 2.24) is 4.90 Å². The smallest absolute Gasteiger partial charge is 0.240 e. The third-order valence-corrected chi connectivity index (χ3v) is 2.63. The van der Waals surface area contributed by atoms with Crippen molar-refractivity contribution < 1.29 is 9.59 Å². The minimum absolute atomic E-state index is 0.0607. The maximum Gasteiger partial charge on any atom is 0.240 e. The molecule has 1 rings (SSSR count). The Kier molecular flexibility index (Phi) is 3.46. The lowest BCUT2D eigenvalue weighted by molar-refractivity contribution is -0.146. The first-order valence-corrected chi connectivity index (χ1v) is 4.90. The number of nitrogens with two attached hydrogens (primary N) is 2. The van der Waals surface area contributed by atoms with Crippen LogP contribution in [0, 0.1) is 0 Å². The van der Waals surface area contributed by atoms with Crippen molar-refractivity contribution >= 4 is 11.8 Å². The molecule has 0 bridgehead atoms. The van der Waals surface area contributed by atoms with Crippen molar-refractivity contribution in [1.29, 1.82) is 0 Å². The predicted molar refractivity (Wildman–Crippen MR) is 52.2 cm³/mol. The number of carbonyl (C=O) groups excluding carboxylic acids is 2. The molecule has 1 fully saturated rings. The molecular weight excluding hydrogens is 182 g/mol. The highest BCUT2D eigenvalue weighted by Crippen LogP contribution is 2.18. The molecule has 1 aliphatic rings. The lowest BCUT2D eigenvalue weighted by Gasteiger charge is -2.39. The molecule has 0 aromatic carbocycles. The molecule has 1 heterocycles. The molecule has 0 aromatic rings. The quantitative estimate of drug-likeness (QED) is 0.621. The van der Waals surface area contributed by atoms with Gasteiger partial charge >= 0.3 is 0 Å². The summed E-state index contributed by atoms with van der Waals surface area (Å²) in [7, 11) is 0. The molecule has 2 amide bonds. The first kappa shape index (κ1) is 11.0. The van der Waals surface area contributed by atoms with E-state index in [-0.39, 0.29) is 11.9 Å². The van der Waals surface area contributed by atoms with Crippen LogP contribution in [-0.2, 0) is 9.59 Å². The summed E-state index contributed by atoms with van der Waals surface area (Å²) in [5.74, 6) is -0.482. The maximum atomic E-state index is 11.5. The number of nitrogens with zero attached hydrogens (tertiary/aromatic N) is 1. The maximum absolute atomic E-state index is 11.5. The Balaban J connectivity index is 2.42. The standard InChI is InChI=1S/C9H17N3O2/c1-2-6(10)5-8(13)12-4-3-7(12)9(11)14/h6-7H,2-5,10H2,1H3,(H2,11,14)/t6-,7?/m1/s1. The van der Waals surface area contributed by atoms with Crippen LogP contribution in [-0.4, -0.2) is 35.3 Å². The molecule has 1 aliphatic heterocycles. The second kappa shape index (κ2) is 4.41. The van der Waals surface area contributed by atoms with Crippen molar-refractivity contribution in [2.75, 3.05) is 6.54 Å². The molecule has 4 N–H and O–H groups in total. The predicted octanol–water partition coefficient (Wildman–Crippen LogP) is -0.800. The van der Waals surface area contributed by atoms with Crippen LogP contribution in [0.5, 0.6) is 0 Å². The Morgan fingerprint density at radius 2 is 2.21 bits per heavy atom. The Labute approximate surface area is 83.4 Å². The van der Waals surface area contributed by atoms with E-state index in [1.54, 1.807) is 0 Å². The van der Waals surface area contributed by atoms with E-state index in [1.807, 2.05) is 6.92 Å². The zero-order valence-electron chi connectivity index (χ0n) is 8.40. The summed E-state index contributed by atoms with van der Waals surface area (Å²) >= 11 is 0. The van der Waals surface area contributed by atoms with Gasteiger partial charge < -0.3 is 16.4 Å². The van der Waals surface area contributed by atoms with Crippen LogP contribution in [0.4, 0.5) is 0 Å². The van der Waals surface area contributed by atoms with Crippen molar-refractivity contribution in [3.05, 3.63) is 0 Å². The van der Waals surface area contributed by atoms with Gasteiger partial charge in [-0.2, -0.15) is 0 Å². The molecule has 0 radical (unpaired) electrons. The lowest BCUT2D eigenvalue weighted by Crippen LogP contribution is -2.57. The SMILES string of the molecule is CC[C@@H](N)CC(=O)N1CCC1C(N)=O. The Bertz CT molecular complexity index is 242. The first-order chi connectivity index (χ1) is 6.56. The van der Waals surface area contributed by atoms with E-state index in [2.05, 4.69) is 0 Å². The highest BCUT2D eigenvalue weighted by molar-refractivity contribution is 5.88. The van der Waals surface area contributed by atoms with Crippen LogP contribution in [0.1, 0.15) is 26.2 Å². The summed E-state index contributed by atoms with van der Waals surface area (Å²) in [5, 5.41) is 0. The summed E-state index contributed by atoms with van der Waals surface area (Å²) in [6.07, 6.45) is 1.75. The van der Waals surface area contributed by atoms with E-state index < -0.39 is 11.9 Å². The van der Waals surface area contributed by atoms with E-state index in [0.29, 0.717) is 19.4 Å². The van der Waals surface area contributed by atoms with Gasteiger partial charge in [-0.3, -0.25) is 9.59 Å². The molecule has 2 atom stereocenters. The van der Waals surface area contributed by atoms with Crippen LogP contribution in [0.25, 0.3) is 0 Å². The number of hydrogen-bond acceptors (Lipinski definition) is 3. The van der Waals surface area contributed by atoms with Crippen LogP contribution < -0.4 is 11.5 Å². The van der Waals surface area contributed by atoms with Gasteiger partial charge in [0.25, 0.3) is 0 Å². The molecule has 14 heavy (non-hydrogen) atoms. The summed E-state index contributed by atoms with van der Waals surface area (Å²) < 4.78 is 0. The molecule has 0 aliphatic carbocycles. The monoisotopic (exact) mass is 199 g/mol. The van der Waals surface area contributed by atoms with Crippen LogP contribution >= 0.6 is 0 Å². The van der Waals surface area contributed by atoms with Crippen molar-refractivity contribution in [2.45, 2.75) is 38.3 Å². The lowest BCUT2D eigenvalue weighted by atomic mass is 10.0. The Morgan fingerprint density at radius 3 is 2.57 bits per heavy atom. The van der Waals surface area contributed by atoms with Crippen molar-refractivity contribution in [3.8, 4) is 0 Å². The van der Waals surface area contributed by atoms with E-state index in [4.69, 9.17) is 11.5 Å². The van der Waals surface area contributed by atoms with Gasteiger partial charge in [-0.15, -0.1) is 0 Å². The van der Waals surface area contributed by atoms with Gasteiger partial charge in [-0.25, -0.2) is 0 Å². The Hall–Kier alpha value is -1.10. The number of carbonyl (C=O) groups is 2. The third kappa shape index (κ3) is 2.23. The van der Waals surface area contributed by atoms with Gasteiger partial charge in [0.05, 0.1) is 0 Å². The number of hydrogen-bond donors (Lipinski definition) is 2. The summed E-state index contributed by atoms with van der Waals surface area (Å²) in [6.45, 7) is 2.56. The van der Waals surface area contributed by atoms with Crippen molar-refractivity contribution in [3.63, 3.8) is 0 Å². The van der Waals surface area contributed by atoms with E-state index in [1.165, 1.54) is 4.90 Å². The third-order valence-electron chi connectivity index (χ3n) is 2.63. The minimum Gasteiger partial charge on any atom is -0.368 e. The van der Waals surface area contributed by atoms with E-state index in [0.717, 1.165) is 6.42 Å². The van der Waals surface area contributed by atoms with Gasteiger partial charge in [0.1, 0.15) is 6.04 Å². The zero-order valence-corrected chi connectivity index (χ0v) is 8.40. The first-order valence-electron chi connectivity index (χ1n) is 4.90. The second-order valence-electron chi connectivity index (χ2n) is 3.67. The minimum atomic E-state index is -0.422. The normalized spacial score (nSPS) is 22.7. The number of amides is 2. The van der Waals surface area contributed by atoms with Gasteiger partial charge in [0.2, 0.25) is 11.8 Å². The average molecular weight is 199 g/mol. The van der Waals surface area contributed by atoms with Crippen molar-refractivity contribution in [2.24, 2.45) is 11.5 Å². The van der Waals surface area contributed by atoms with E-state index >= 15 is 0 Å². The molecule has 1 unspecified atom stereocenters. The second-order valence-corrected chi connectivity index (χ2v) is 3.67. The van der Waals surface area contributed by atoms with Gasteiger partial charge in [-0.1, -0.05) is 6.92 Å². The number of likely N-dealkylation sites (tertiary alicyclic amines) is 1. The van der Waals surface area contributed by atoms with Crippen LogP contribution in [0.2, 0.25) is 0 Å². The fourth-order valence-corrected chi connectivity index (χ4v) is 1.47. The highest BCUT2D eigenvalue weighted by Gasteiger charge is 2.36. The number of rotatable bonds is 4. The summed E-state index contributed by atoms with van der Waals surface area (Å²) in [4.78, 5) is 23.9. The fourth-order valence-electron chi connectivity index (χ4n) is 1.47. The number of primary amides is 1. The van der Waals surface area contributed by atoms with Gasteiger partial charge in [0, 0.05) is 19.0 Å². The zero-order chi connectivity index (χ0) is 10.7. The van der Waals surface area contributed by atoms with Gasteiger partial charge in [-0.05, 0) is 12.8 Å². The van der Waals surface area contributed by atoms with Crippen LogP contribution in [0.3, 0.4) is 0 Å².